The number of hydrogen-bond donors (Lipinski definition) is 2. The summed E-state index contributed by atoms with van der Waals surface area (Å²) >= 11 is 0. The third-order valence-corrected chi connectivity index (χ3v) is 4.72. The lowest BCUT2D eigenvalue weighted by Gasteiger charge is -2.14. The average Bonchev–Trinajstić information content (AvgIpc) is 3.45. The van der Waals surface area contributed by atoms with Crippen LogP contribution in [0.2, 0.25) is 0 Å². The number of halogens is 1. The Hall–Kier alpha value is -1.81. The van der Waals surface area contributed by atoms with Crippen LogP contribution in [0.3, 0.4) is 0 Å². The first kappa shape index (κ1) is 25.5. The topological polar surface area (TPSA) is 72.7 Å². The molecule has 1 saturated carbocycles. The van der Waals surface area contributed by atoms with Crippen LogP contribution in [0.5, 0.6) is 5.75 Å². The summed E-state index contributed by atoms with van der Waals surface area (Å²) in [4.78, 5) is 4.72. The molecule has 8 heteroatoms. The number of benzene rings is 1. The van der Waals surface area contributed by atoms with E-state index in [-0.39, 0.29) is 30.1 Å². The van der Waals surface area contributed by atoms with Crippen molar-refractivity contribution in [1.82, 2.24) is 15.1 Å². The Morgan fingerprint density at radius 3 is 2.68 bits per heavy atom. The molecule has 0 aliphatic heterocycles. The van der Waals surface area contributed by atoms with Crippen LogP contribution >= 0.6 is 24.0 Å². The smallest absolute Gasteiger partial charge is 0.195 e. The summed E-state index contributed by atoms with van der Waals surface area (Å²) in [6.45, 7) is 7.23. The van der Waals surface area contributed by atoms with Crippen molar-refractivity contribution in [3.8, 4) is 5.75 Å². The van der Waals surface area contributed by atoms with Crippen molar-refractivity contribution in [3.05, 3.63) is 42.2 Å². The monoisotopic (exact) mass is 541 g/mol. The second-order valence-corrected chi connectivity index (χ2v) is 8.12. The zero-order valence-electron chi connectivity index (χ0n) is 18.8. The average molecular weight is 541 g/mol. The van der Waals surface area contributed by atoms with E-state index < -0.39 is 0 Å². The van der Waals surface area contributed by atoms with Crippen molar-refractivity contribution in [1.29, 1.82) is 0 Å². The first-order valence-electron chi connectivity index (χ1n) is 11.0. The molecule has 1 aromatic heterocycles. The molecule has 1 fully saturated rings. The first-order valence-corrected chi connectivity index (χ1v) is 11.0. The Morgan fingerprint density at radius 2 is 2.03 bits per heavy atom. The van der Waals surface area contributed by atoms with Crippen molar-refractivity contribution in [2.45, 2.75) is 45.6 Å². The Labute approximate surface area is 203 Å². The van der Waals surface area contributed by atoms with Crippen LogP contribution in [0, 0.1) is 5.92 Å². The van der Waals surface area contributed by atoms with E-state index >= 15 is 0 Å². The third kappa shape index (κ3) is 10.4. The van der Waals surface area contributed by atoms with Crippen molar-refractivity contribution in [3.63, 3.8) is 0 Å². The van der Waals surface area contributed by atoms with Crippen LogP contribution in [-0.4, -0.2) is 48.1 Å². The zero-order valence-corrected chi connectivity index (χ0v) is 21.2. The van der Waals surface area contributed by atoms with E-state index in [1.54, 1.807) is 0 Å². The van der Waals surface area contributed by atoms with E-state index in [2.05, 4.69) is 15.7 Å². The highest BCUT2D eigenvalue weighted by Crippen LogP contribution is 2.28. The van der Waals surface area contributed by atoms with E-state index in [1.165, 1.54) is 18.4 Å². The van der Waals surface area contributed by atoms with Crippen molar-refractivity contribution >= 4 is 35.6 Å². The first-order chi connectivity index (χ1) is 14.6. The lowest BCUT2D eigenvalue weighted by molar-refractivity contribution is 0.123. The van der Waals surface area contributed by atoms with Gasteiger partial charge in [0.25, 0.3) is 0 Å². The fourth-order valence-corrected chi connectivity index (χ4v) is 2.98. The second kappa shape index (κ2) is 13.6. The van der Waals surface area contributed by atoms with Gasteiger partial charge in [-0.05, 0) is 75.3 Å². The minimum absolute atomic E-state index is 0. The highest BCUT2D eigenvalue weighted by atomic mass is 127. The number of hydrogen-bond acceptors (Lipinski definition) is 4. The number of aromatic nitrogens is 2. The van der Waals surface area contributed by atoms with Gasteiger partial charge in [-0.3, -0.25) is 9.67 Å². The minimum atomic E-state index is 0. The third-order valence-electron chi connectivity index (χ3n) is 4.72. The summed E-state index contributed by atoms with van der Waals surface area (Å²) in [5.41, 5.74) is 2.18. The molecule has 0 bridgehead atoms. The summed E-state index contributed by atoms with van der Waals surface area (Å²) in [5.74, 6) is 2.45. The fraction of sp³-hybridized carbons (Fsp3) is 0.565. The maximum absolute atomic E-state index is 5.72. The van der Waals surface area contributed by atoms with Gasteiger partial charge < -0.3 is 20.1 Å². The molecule has 1 heterocycles. The number of rotatable bonds is 12. The van der Waals surface area contributed by atoms with Gasteiger partial charge in [-0.15, -0.1) is 24.0 Å². The van der Waals surface area contributed by atoms with Gasteiger partial charge in [-0.2, -0.15) is 5.10 Å². The highest BCUT2D eigenvalue weighted by molar-refractivity contribution is 14.0. The molecule has 172 valence electrons. The van der Waals surface area contributed by atoms with Gasteiger partial charge >= 0.3 is 0 Å². The van der Waals surface area contributed by atoms with Crippen LogP contribution in [0.4, 0.5) is 5.69 Å². The lowest BCUT2D eigenvalue weighted by Crippen LogP contribution is -2.32. The summed E-state index contributed by atoms with van der Waals surface area (Å²) < 4.78 is 13.3. The van der Waals surface area contributed by atoms with Crippen LogP contribution in [0.25, 0.3) is 0 Å². The van der Waals surface area contributed by atoms with Gasteiger partial charge in [0.05, 0.1) is 12.3 Å². The molecule has 0 atom stereocenters. The van der Waals surface area contributed by atoms with E-state index in [4.69, 9.17) is 14.5 Å². The van der Waals surface area contributed by atoms with Gasteiger partial charge in [0.15, 0.2) is 5.96 Å². The SMILES string of the molecule is CC(C)Oc1ccc(NC(=NCCCOCC2CC2)NCCc2cnn(C)c2)cc1.I. The Bertz CT molecular complexity index is 788. The maximum atomic E-state index is 5.72. The molecule has 7 nitrogen and oxygen atoms in total. The molecule has 1 aromatic carbocycles. The molecular weight excluding hydrogens is 505 g/mol. The largest absolute Gasteiger partial charge is 0.491 e. The molecule has 0 radical (unpaired) electrons. The van der Waals surface area contributed by atoms with Gasteiger partial charge in [-0.25, -0.2) is 0 Å². The van der Waals surface area contributed by atoms with E-state index in [9.17, 15) is 0 Å². The molecular formula is C23H36IN5O2. The van der Waals surface area contributed by atoms with Crippen LogP contribution in [0.1, 0.15) is 38.7 Å². The quantitative estimate of drug-likeness (QED) is 0.182. The van der Waals surface area contributed by atoms with E-state index in [0.29, 0.717) is 0 Å². The summed E-state index contributed by atoms with van der Waals surface area (Å²) in [5, 5.41) is 11.0. The molecule has 0 amide bonds. The number of nitrogens with zero attached hydrogens (tertiary/aromatic N) is 3. The van der Waals surface area contributed by atoms with Crippen LogP contribution in [0.15, 0.2) is 41.7 Å². The molecule has 2 aromatic rings. The number of nitrogens with one attached hydrogen (secondary N) is 2. The molecule has 1 aliphatic rings. The minimum Gasteiger partial charge on any atom is -0.491 e. The predicted octanol–water partition coefficient (Wildman–Crippen LogP) is 4.24. The predicted molar refractivity (Wildman–Crippen MR) is 137 cm³/mol. The Balaban J connectivity index is 0.00000341. The van der Waals surface area contributed by atoms with Crippen molar-refractivity contribution < 1.29 is 9.47 Å². The van der Waals surface area contributed by atoms with Crippen molar-refractivity contribution in [2.24, 2.45) is 18.0 Å². The summed E-state index contributed by atoms with van der Waals surface area (Å²) in [6, 6.07) is 7.96. The molecule has 31 heavy (non-hydrogen) atoms. The molecule has 0 spiro atoms. The normalized spacial score (nSPS) is 13.7. The van der Waals surface area contributed by atoms with E-state index in [1.807, 2.05) is 62.2 Å². The number of aryl methyl sites for hydroxylation is 1. The lowest BCUT2D eigenvalue weighted by atomic mass is 10.2. The molecule has 3 rings (SSSR count). The molecule has 1 aliphatic carbocycles. The molecule has 0 unspecified atom stereocenters. The Morgan fingerprint density at radius 1 is 1.26 bits per heavy atom. The Kier molecular flexibility index (Phi) is 11.1. The number of aliphatic imine (C=N–C) groups is 1. The number of ether oxygens (including phenoxy) is 2. The maximum Gasteiger partial charge on any atom is 0.195 e. The summed E-state index contributed by atoms with van der Waals surface area (Å²) in [7, 11) is 1.93. The zero-order chi connectivity index (χ0) is 21.2. The standard InChI is InChI=1S/C23H35N5O2.HI/c1-18(2)30-22-9-7-21(8-10-22)27-23(24-12-4-14-29-17-19-5-6-19)25-13-11-20-15-26-28(3)16-20;/h7-10,15-16,18-19H,4-6,11-14,17H2,1-3H3,(H2,24,25,27);1H. The van der Waals surface area contributed by atoms with Crippen LogP contribution in [-0.2, 0) is 18.2 Å². The molecule has 2 N–H and O–H groups in total. The van der Waals surface area contributed by atoms with Gasteiger partial charge in [-0.1, -0.05) is 0 Å². The highest BCUT2D eigenvalue weighted by Gasteiger charge is 2.20. The van der Waals surface area contributed by atoms with E-state index in [0.717, 1.165) is 62.5 Å². The second-order valence-electron chi connectivity index (χ2n) is 8.12. The van der Waals surface area contributed by atoms with Gasteiger partial charge in [0.1, 0.15) is 5.75 Å². The summed E-state index contributed by atoms with van der Waals surface area (Å²) in [6.07, 6.45) is 8.57. The van der Waals surface area contributed by atoms with Crippen molar-refractivity contribution in [2.75, 3.05) is 31.6 Å². The number of guanidine groups is 1. The fourth-order valence-electron chi connectivity index (χ4n) is 2.98. The van der Waals surface area contributed by atoms with Crippen LogP contribution < -0.4 is 15.4 Å². The molecule has 0 saturated heterocycles. The number of anilines is 1. The van der Waals surface area contributed by atoms with Gasteiger partial charge in [0, 0.05) is 45.2 Å². The van der Waals surface area contributed by atoms with Gasteiger partial charge in [0.2, 0.25) is 0 Å².